The number of rotatable bonds is 2. The number of halogens is 1. The van der Waals surface area contributed by atoms with Crippen LogP contribution in [0.5, 0.6) is 0 Å². The Kier molecular flexibility index (Phi) is 3.70. The Labute approximate surface area is 123 Å². The van der Waals surface area contributed by atoms with Crippen molar-refractivity contribution in [2.75, 3.05) is 6.54 Å². The molecule has 0 saturated carbocycles. The first-order chi connectivity index (χ1) is 9.78. The minimum absolute atomic E-state index is 0.0615. The molecule has 3 rings (SSSR count). The van der Waals surface area contributed by atoms with Crippen LogP contribution in [0.15, 0.2) is 42.6 Å². The number of nitrogens with zero attached hydrogens (tertiary/aromatic N) is 2. The Morgan fingerprint density at radius 3 is 3.05 bits per heavy atom. The molecule has 0 unspecified atom stereocenters. The highest BCUT2D eigenvalue weighted by molar-refractivity contribution is 6.17. The number of hydrogen-bond donors (Lipinski definition) is 0. The van der Waals surface area contributed by atoms with Gasteiger partial charge in [0.05, 0.1) is 0 Å². The lowest BCUT2D eigenvalue weighted by Gasteiger charge is -2.28. The van der Waals surface area contributed by atoms with Gasteiger partial charge in [-0.1, -0.05) is 18.2 Å². The van der Waals surface area contributed by atoms with Gasteiger partial charge in [-0.15, -0.1) is 11.6 Å². The van der Waals surface area contributed by atoms with Crippen LogP contribution in [0.1, 0.15) is 27.2 Å². The summed E-state index contributed by atoms with van der Waals surface area (Å²) in [5.41, 5.74) is 3.92. The van der Waals surface area contributed by atoms with E-state index in [-0.39, 0.29) is 5.91 Å². The van der Waals surface area contributed by atoms with E-state index in [4.69, 9.17) is 11.6 Å². The molecule has 0 bridgehead atoms. The molecule has 0 spiro atoms. The maximum Gasteiger partial charge on any atom is 0.254 e. The summed E-state index contributed by atoms with van der Waals surface area (Å²) in [4.78, 5) is 18.8. The number of pyridine rings is 1. The van der Waals surface area contributed by atoms with E-state index in [1.54, 1.807) is 6.20 Å². The van der Waals surface area contributed by atoms with Crippen LogP contribution < -0.4 is 0 Å². The van der Waals surface area contributed by atoms with Gasteiger partial charge in [0.15, 0.2) is 0 Å². The molecule has 1 amide bonds. The number of amides is 1. The summed E-state index contributed by atoms with van der Waals surface area (Å²) in [6.45, 7) is 1.35. The molecule has 0 aliphatic carbocycles. The second kappa shape index (κ2) is 5.63. The molecular formula is C16H15ClN2O. The second-order valence-electron chi connectivity index (χ2n) is 4.92. The summed E-state index contributed by atoms with van der Waals surface area (Å²) in [5.74, 6) is 0.486. The molecule has 0 N–H and O–H groups in total. The SMILES string of the molecule is O=C(c1cccc(CCl)c1)N1CCc2ncccc2C1. The third-order valence-electron chi connectivity index (χ3n) is 3.58. The first-order valence-electron chi connectivity index (χ1n) is 6.65. The summed E-state index contributed by atoms with van der Waals surface area (Å²) >= 11 is 5.82. The number of carbonyl (C=O) groups excluding carboxylic acids is 1. The first-order valence-corrected chi connectivity index (χ1v) is 7.18. The van der Waals surface area contributed by atoms with E-state index in [1.807, 2.05) is 41.3 Å². The van der Waals surface area contributed by atoms with Crippen LogP contribution in [0.3, 0.4) is 0 Å². The number of alkyl halides is 1. The van der Waals surface area contributed by atoms with Gasteiger partial charge in [0.1, 0.15) is 0 Å². The predicted molar refractivity (Wildman–Crippen MR) is 78.7 cm³/mol. The number of hydrogen-bond acceptors (Lipinski definition) is 2. The smallest absolute Gasteiger partial charge is 0.254 e. The lowest BCUT2D eigenvalue weighted by atomic mass is 10.0. The van der Waals surface area contributed by atoms with Crippen molar-refractivity contribution in [2.24, 2.45) is 0 Å². The molecule has 0 atom stereocenters. The van der Waals surface area contributed by atoms with Crippen LogP contribution in [0, 0.1) is 0 Å². The highest BCUT2D eigenvalue weighted by Crippen LogP contribution is 2.19. The average molecular weight is 287 g/mol. The molecule has 20 heavy (non-hydrogen) atoms. The molecule has 3 nitrogen and oxygen atoms in total. The normalized spacial score (nSPS) is 13.9. The molecule has 4 heteroatoms. The van der Waals surface area contributed by atoms with Crippen molar-refractivity contribution in [3.63, 3.8) is 0 Å². The fraction of sp³-hybridized carbons (Fsp3) is 0.250. The van der Waals surface area contributed by atoms with E-state index in [0.717, 1.165) is 23.2 Å². The molecule has 1 aliphatic heterocycles. The molecule has 1 aromatic heterocycles. The number of aromatic nitrogens is 1. The largest absolute Gasteiger partial charge is 0.334 e. The fourth-order valence-corrected chi connectivity index (χ4v) is 2.68. The number of fused-ring (bicyclic) bond motifs is 1. The summed E-state index contributed by atoms with van der Waals surface area (Å²) in [6, 6.07) is 11.5. The molecule has 2 aromatic rings. The lowest BCUT2D eigenvalue weighted by molar-refractivity contribution is 0.0733. The van der Waals surface area contributed by atoms with Crippen LogP contribution in [0.2, 0.25) is 0 Å². The molecule has 2 heterocycles. The average Bonchev–Trinajstić information content (AvgIpc) is 2.53. The molecule has 0 fully saturated rings. The third kappa shape index (κ3) is 2.54. The zero-order valence-electron chi connectivity index (χ0n) is 11.1. The van der Waals surface area contributed by atoms with Gasteiger partial charge in [0, 0.05) is 42.8 Å². The molecule has 102 valence electrons. The monoisotopic (exact) mass is 286 g/mol. The Balaban J connectivity index is 1.82. The summed E-state index contributed by atoms with van der Waals surface area (Å²) in [6.07, 6.45) is 2.62. The van der Waals surface area contributed by atoms with Crippen LogP contribution in [0.25, 0.3) is 0 Å². The van der Waals surface area contributed by atoms with E-state index in [0.29, 0.717) is 24.5 Å². The molecular weight excluding hydrogens is 272 g/mol. The van der Waals surface area contributed by atoms with Gasteiger partial charge < -0.3 is 4.90 Å². The van der Waals surface area contributed by atoms with E-state index in [1.165, 1.54) is 0 Å². The summed E-state index contributed by atoms with van der Waals surface area (Å²) in [7, 11) is 0. The Hall–Kier alpha value is -1.87. The van der Waals surface area contributed by atoms with E-state index in [2.05, 4.69) is 4.98 Å². The van der Waals surface area contributed by atoms with Crippen LogP contribution >= 0.6 is 11.6 Å². The second-order valence-corrected chi connectivity index (χ2v) is 5.19. The van der Waals surface area contributed by atoms with Gasteiger partial charge in [-0.2, -0.15) is 0 Å². The van der Waals surface area contributed by atoms with Gasteiger partial charge in [-0.05, 0) is 29.3 Å². The van der Waals surface area contributed by atoms with E-state index in [9.17, 15) is 4.79 Å². The standard InChI is InChI=1S/C16H15ClN2O/c17-10-12-3-1-4-13(9-12)16(20)19-8-6-15-14(11-19)5-2-7-18-15/h1-5,7,9H,6,8,10-11H2. The van der Waals surface area contributed by atoms with Crippen molar-refractivity contribution in [2.45, 2.75) is 18.8 Å². The van der Waals surface area contributed by atoms with Crippen molar-refractivity contribution < 1.29 is 4.79 Å². The van der Waals surface area contributed by atoms with Gasteiger partial charge in [-0.3, -0.25) is 9.78 Å². The van der Waals surface area contributed by atoms with Crippen LogP contribution in [0.4, 0.5) is 0 Å². The zero-order chi connectivity index (χ0) is 13.9. The Morgan fingerprint density at radius 1 is 1.30 bits per heavy atom. The zero-order valence-corrected chi connectivity index (χ0v) is 11.8. The van der Waals surface area contributed by atoms with E-state index < -0.39 is 0 Å². The summed E-state index contributed by atoms with van der Waals surface area (Å²) in [5, 5.41) is 0. The Bertz CT molecular complexity index is 642. The van der Waals surface area contributed by atoms with Gasteiger partial charge in [0.2, 0.25) is 0 Å². The van der Waals surface area contributed by atoms with Gasteiger partial charge in [-0.25, -0.2) is 0 Å². The number of carbonyl (C=O) groups is 1. The topological polar surface area (TPSA) is 33.2 Å². The molecule has 0 radical (unpaired) electrons. The fourth-order valence-electron chi connectivity index (χ4n) is 2.51. The van der Waals surface area contributed by atoms with Crippen molar-refractivity contribution >= 4 is 17.5 Å². The van der Waals surface area contributed by atoms with Crippen molar-refractivity contribution in [1.82, 2.24) is 9.88 Å². The molecule has 1 aromatic carbocycles. The minimum Gasteiger partial charge on any atom is -0.334 e. The van der Waals surface area contributed by atoms with Crippen LogP contribution in [-0.4, -0.2) is 22.3 Å². The number of benzene rings is 1. The highest BCUT2D eigenvalue weighted by atomic mass is 35.5. The molecule has 0 saturated heterocycles. The Morgan fingerprint density at radius 2 is 2.20 bits per heavy atom. The lowest BCUT2D eigenvalue weighted by Crippen LogP contribution is -2.36. The highest BCUT2D eigenvalue weighted by Gasteiger charge is 2.22. The molecule has 1 aliphatic rings. The van der Waals surface area contributed by atoms with Crippen molar-refractivity contribution in [3.8, 4) is 0 Å². The van der Waals surface area contributed by atoms with Crippen molar-refractivity contribution in [1.29, 1.82) is 0 Å². The quantitative estimate of drug-likeness (QED) is 0.795. The minimum atomic E-state index is 0.0615. The first kappa shape index (κ1) is 13.1. The van der Waals surface area contributed by atoms with Crippen LogP contribution in [-0.2, 0) is 18.8 Å². The predicted octanol–water partition coefficient (Wildman–Crippen LogP) is 3.02. The van der Waals surface area contributed by atoms with Crippen molar-refractivity contribution in [3.05, 3.63) is 65.0 Å². The van der Waals surface area contributed by atoms with Gasteiger partial charge in [0.25, 0.3) is 5.91 Å². The third-order valence-corrected chi connectivity index (χ3v) is 3.89. The maximum atomic E-state index is 12.5. The van der Waals surface area contributed by atoms with Gasteiger partial charge >= 0.3 is 0 Å². The maximum absolute atomic E-state index is 12.5. The van der Waals surface area contributed by atoms with E-state index >= 15 is 0 Å². The summed E-state index contributed by atoms with van der Waals surface area (Å²) < 4.78 is 0.